The van der Waals surface area contributed by atoms with Crippen molar-refractivity contribution in [3.8, 4) is 17.2 Å². The van der Waals surface area contributed by atoms with Crippen LogP contribution in [0.15, 0.2) is 41.4 Å². The van der Waals surface area contributed by atoms with Crippen molar-refractivity contribution in [2.75, 3.05) is 5.32 Å². The summed E-state index contributed by atoms with van der Waals surface area (Å²) in [4.78, 5) is 23.8. The molecule has 0 fully saturated rings. The van der Waals surface area contributed by atoms with Crippen LogP contribution in [0.4, 0.5) is 5.00 Å². The highest BCUT2D eigenvalue weighted by Gasteiger charge is 2.22. The number of halogens is 1. The van der Waals surface area contributed by atoms with E-state index in [9.17, 15) is 20.0 Å². The minimum atomic E-state index is -1.13. The Bertz CT molecular complexity index is 934. The van der Waals surface area contributed by atoms with E-state index in [2.05, 4.69) is 5.32 Å². The SMILES string of the molecule is CC(C)(C)OC(=O)/C(C#N)=C/Nc1scc(-c2ccc(Cl)cc2)c1C(=O)O. The van der Waals surface area contributed by atoms with Gasteiger partial charge >= 0.3 is 11.9 Å². The summed E-state index contributed by atoms with van der Waals surface area (Å²) in [6.45, 7) is 5.06. The van der Waals surface area contributed by atoms with E-state index in [0.29, 0.717) is 21.2 Å². The summed E-state index contributed by atoms with van der Waals surface area (Å²) in [6.07, 6.45) is 1.15. The molecule has 0 amide bonds. The molecule has 0 aliphatic rings. The molecule has 0 bridgehead atoms. The average Bonchev–Trinajstić information content (AvgIpc) is 2.98. The number of carboxylic acids is 1. The number of nitrogens with zero attached hydrogens (tertiary/aromatic N) is 1. The molecule has 2 aromatic rings. The first-order valence-electron chi connectivity index (χ1n) is 7.83. The van der Waals surface area contributed by atoms with Gasteiger partial charge < -0.3 is 15.2 Å². The maximum atomic E-state index is 12.0. The standard InChI is InChI=1S/C19H17ClN2O4S/c1-19(2,3)26-18(25)12(8-21)9-22-16-15(17(23)24)14(10-27-16)11-4-6-13(20)7-5-11/h4-7,9-10,22H,1-3H3,(H,23,24)/b12-9+. The van der Waals surface area contributed by atoms with Gasteiger partial charge in [0.1, 0.15) is 22.2 Å². The molecule has 0 radical (unpaired) electrons. The molecule has 8 heteroatoms. The van der Waals surface area contributed by atoms with Crippen LogP contribution in [0.1, 0.15) is 31.1 Å². The van der Waals surface area contributed by atoms with Gasteiger partial charge in [-0.2, -0.15) is 5.26 Å². The average molecular weight is 405 g/mol. The molecule has 0 saturated heterocycles. The molecule has 0 spiro atoms. The zero-order valence-corrected chi connectivity index (χ0v) is 16.4. The van der Waals surface area contributed by atoms with E-state index in [1.165, 1.54) is 0 Å². The van der Waals surface area contributed by atoms with Gasteiger partial charge in [0.25, 0.3) is 0 Å². The predicted molar refractivity (Wildman–Crippen MR) is 105 cm³/mol. The molecule has 1 heterocycles. The van der Waals surface area contributed by atoms with Gasteiger partial charge in [-0.1, -0.05) is 23.7 Å². The Morgan fingerprint density at radius 3 is 2.44 bits per heavy atom. The fourth-order valence-corrected chi connectivity index (χ4v) is 3.18. The van der Waals surface area contributed by atoms with Crippen molar-refractivity contribution in [1.82, 2.24) is 0 Å². The summed E-state index contributed by atoms with van der Waals surface area (Å²) in [5.41, 5.74) is 0.237. The Morgan fingerprint density at radius 1 is 1.30 bits per heavy atom. The van der Waals surface area contributed by atoms with E-state index in [4.69, 9.17) is 16.3 Å². The minimum absolute atomic E-state index is 0.0417. The van der Waals surface area contributed by atoms with Gasteiger partial charge in [-0.15, -0.1) is 11.3 Å². The topological polar surface area (TPSA) is 99.4 Å². The van der Waals surface area contributed by atoms with Crippen molar-refractivity contribution in [2.24, 2.45) is 0 Å². The van der Waals surface area contributed by atoms with Gasteiger partial charge in [-0.25, -0.2) is 9.59 Å². The molecule has 6 nitrogen and oxygen atoms in total. The second kappa shape index (κ2) is 8.25. The lowest BCUT2D eigenvalue weighted by atomic mass is 10.0. The third kappa shape index (κ3) is 5.33. The smallest absolute Gasteiger partial charge is 0.350 e. The minimum Gasteiger partial charge on any atom is -0.478 e. The second-order valence-electron chi connectivity index (χ2n) is 6.48. The van der Waals surface area contributed by atoms with Gasteiger partial charge in [-0.05, 0) is 38.5 Å². The third-order valence-electron chi connectivity index (χ3n) is 3.25. The van der Waals surface area contributed by atoms with E-state index >= 15 is 0 Å². The lowest BCUT2D eigenvalue weighted by Gasteiger charge is -2.18. The number of thiophene rings is 1. The number of carboxylic acid groups (broad SMARTS) is 1. The molecule has 0 atom stereocenters. The van der Waals surface area contributed by atoms with Crippen LogP contribution in [0.3, 0.4) is 0 Å². The fraction of sp³-hybridized carbons (Fsp3) is 0.211. The Morgan fingerprint density at radius 2 is 1.93 bits per heavy atom. The first-order valence-corrected chi connectivity index (χ1v) is 9.09. The van der Waals surface area contributed by atoms with Crippen LogP contribution in [0.5, 0.6) is 0 Å². The van der Waals surface area contributed by atoms with Crippen molar-refractivity contribution < 1.29 is 19.4 Å². The van der Waals surface area contributed by atoms with E-state index in [1.807, 2.05) is 0 Å². The Labute approximate surface area is 165 Å². The van der Waals surface area contributed by atoms with E-state index in [-0.39, 0.29) is 11.1 Å². The largest absolute Gasteiger partial charge is 0.478 e. The molecular formula is C19H17ClN2O4S. The number of benzene rings is 1. The number of hydrogen-bond donors (Lipinski definition) is 2. The van der Waals surface area contributed by atoms with Crippen LogP contribution in [-0.4, -0.2) is 22.6 Å². The molecule has 1 aromatic carbocycles. The number of anilines is 1. The zero-order chi connectivity index (χ0) is 20.2. The molecule has 0 unspecified atom stereocenters. The summed E-state index contributed by atoms with van der Waals surface area (Å²) in [6, 6.07) is 8.54. The number of carbonyl (C=O) groups is 2. The zero-order valence-electron chi connectivity index (χ0n) is 14.9. The number of esters is 1. The number of rotatable bonds is 5. The highest BCUT2D eigenvalue weighted by atomic mass is 35.5. The highest BCUT2D eigenvalue weighted by Crippen LogP contribution is 2.36. The van der Waals surface area contributed by atoms with Gasteiger partial charge in [0.15, 0.2) is 5.57 Å². The molecule has 2 N–H and O–H groups in total. The molecular weight excluding hydrogens is 388 g/mol. The van der Waals surface area contributed by atoms with Crippen molar-refractivity contribution in [2.45, 2.75) is 26.4 Å². The monoisotopic (exact) mass is 404 g/mol. The first-order chi connectivity index (χ1) is 12.6. The van der Waals surface area contributed by atoms with Crippen LogP contribution in [0.2, 0.25) is 5.02 Å². The summed E-state index contributed by atoms with van der Waals surface area (Å²) < 4.78 is 5.15. The van der Waals surface area contributed by atoms with Crippen LogP contribution < -0.4 is 5.32 Å². The quantitative estimate of drug-likeness (QED) is 0.416. The number of carbonyl (C=O) groups excluding carboxylic acids is 1. The number of aromatic carboxylic acids is 1. The second-order valence-corrected chi connectivity index (χ2v) is 7.80. The number of nitriles is 1. The first kappa shape index (κ1) is 20.5. The third-order valence-corrected chi connectivity index (χ3v) is 4.41. The number of nitrogens with one attached hydrogen (secondary N) is 1. The fourth-order valence-electron chi connectivity index (χ4n) is 2.13. The predicted octanol–water partition coefficient (Wildman–Crippen LogP) is 4.93. The number of ether oxygens (including phenoxy) is 1. The van der Waals surface area contributed by atoms with Gasteiger partial charge in [0.2, 0.25) is 0 Å². The maximum Gasteiger partial charge on any atom is 0.350 e. The molecule has 1 aromatic heterocycles. The van der Waals surface area contributed by atoms with Crippen LogP contribution in [0.25, 0.3) is 11.1 Å². The summed E-state index contributed by atoms with van der Waals surface area (Å²) in [5.74, 6) is -1.92. The molecule has 0 saturated carbocycles. The van der Waals surface area contributed by atoms with Crippen LogP contribution >= 0.6 is 22.9 Å². The van der Waals surface area contributed by atoms with Gasteiger partial charge in [0, 0.05) is 22.2 Å². The van der Waals surface area contributed by atoms with E-state index in [1.54, 1.807) is 56.5 Å². The molecule has 0 aliphatic heterocycles. The van der Waals surface area contributed by atoms with Crippen molar-refractivity contribution in [1.29, 1.82) is 5.26 Å². The summed E-state index contributed by atoms with van der Waals surface area (Å²) >= 11 is 7.02. The Hall–Kier alpha value is -2.82. The van der Waals surface area contributed by atoms with Crippen molar-refractivity contribution in [3.63, 3.8) is 0 Å². The van der Waals surface area contributed by atoms with Crippen LogP contribution in [0, 0.1) is 11.3 Å². The summed E-state index contributed by atoms with van der Waals surface area (Å²) in [7, 11) is 0. The lowest BCUT2D eigenvalue weighted by molar-refractivity contribution is -0.149. The Balaban J connectivity index is 2.34. The van der Waals surface area contributed by atoms with Gasteiger partial charge in [-0.3, -0.25) is 0 Å². The van der Waals surface area contributed by atoms with E-state index < -0.39 is 17.5 Å². The molecule has 0 aliphatic carbocycles. The molecule has 140 valence electrons. The number of hydrogen-bond acceptors (Lipinski definition) is 6. The van der Waals surface area contributed by atoms with Gasteiger partial charge in [0.05, 0.1) is 0 Å². The maximum absolute atomic E-state index is 12.0. The molecule has 27 heavy (non-hydrogen) atoms. The highest BCUT2D eigenvalue weighted by molar-refractivity contribution is 7.15. The lowest BCUT2D eigenvalue weighted by Crippen LogP contribution is -2.24. The normalized spacial score (nSPS) is 11.6. The van der Waals surface area contributed by atoms with Crippen molar-refractivity contribution in [3.05, 3.63) is 52.0 Å². The van der Waals surface area contributed by atoms with E-state index in [0.717, 1.165) is 17.5 Å². The van der Waals surface area contributed by atoms with Crippen LogP contribution in [-0.2, 0) is 9.53 Å². The van der Waals surface area contributed by atoms with Crippen molar-refractivity contribution >= 4 is 39.9 Å². The summed E-state index contributed by atoms with van der Waals surface area (Å²) in [5, 5.41) is 24.0. The molecule has 2 rings (SSSR count). The Kier molecular flexibility index (Phi) is 6.26.